The molecule has 0 amide bonds. The summed E-state index contributed by atoms with van der Waals surface area (Å²) in [4.78, 5) is 34.8. The molecule has 0 aliphatic carbocycles. The van der Waals surface area contributed by atoms with Gasteiger partial charge in [0.05, 0.1) is 11.3 Å². The Kier molecular flexibility index (Phi) is 3.44. The molecule has 3 N–H and O–H groups in total. The summed E-state index contributed by atoms with van der Waals surface area (Å²) in [6.45, 7) is 1.80. The molecular weight excluding hydrogens is 214 g/mol. The van der Waals surface area contributed by atoms with Gasteiger partial charge in [0.15, 0.2) is 6.29 Å². The second-order valence-corrected chi connectivity index (χ2v) is 3.25. The largest absolute Gasteiger partial charge is 0.478 e. The van der Waals surface area contributed by atoms with Crippen molar-refractivity contribution in [3.63, 3.8) is 0 Å². The molecular formula is C10H11NO5. The fourth-order valence-electron chi connectivity index (χ4n) is 1.58. The first-order valence-electron chi connectivity index (χ1n) is 4.69. The normalized spacial score (nSPS) is 10.1. The molecule has 0 aromatic carbocycles. The Hall–Kier alpha value is -2.11. The highest BCUT2D eigenvalue weighted by Gasteiger charge is 2.24. The summed E-state index contributed by atoms with van der Waals surface area (Å²) in [5.41, 5.74) is -0.492. The highest BCUT2D eigenvalue weighted by molar-refractivity contribution is 6.02. The van der Waals surface area contributed by atoms with Gasteiger partial charge in [-0.1, -0.05) is 13.3 Å². The van der Waals surface area contributed by atoms with E-state index in [0.717, 1.165) is 0 Å². The topological polar surface area (TPSA) is 107 Å². The van der Waals surface area contributed by atoms with Gasteiger partial charge in [-0.3, -0.25) is 4.79 Å². The standard InChI is InChI=1S/C10H11NO5/c1-2-3-5-7(9(13)14)6(4-12)11-8(5)10(15)16/h4,11H,2-3H2,1H3,(H,13,14)(H,15,16). The fraction of sp³-hybridized carbons (Fsp3) is 0.300. The Labute approximate surface area is 90.9 Å². The van der Waals surface area contributed by atoms with Crippen molar-refractivity contribution >= 4 is 18.2 Å². The van der Waals surface area contributed by atoms with Gasteiger partial charge in [0, 0.05) is 0 Å². The maximum absolute atomic E-state index is 10.9. The average molecular weight is 225 g/mol. The Balaban J connectivity index is 3.47. The molecule has 1 aromatic rings. The third kappa shape index (κ3) is 1.95. The molecule has 0 spiro atoms. The first kappa shape index (κ1) is 12.0. The number of aromatic nitrogens is 1. The molecule has 0 aliphatic rings. The number of nitrogens with one attached hydrogen (secondary N) is 1. The zero-order chi connectivity index (χ0) is 12.3. The van der Waals surface area contributed by atoms with E-state index in [1.807, 2.05) is 0 Å². The summed E-state index contributed by atoms with van der Waals surface area (Å²) in [6.07, 6.45) is 1.21. The molecule has 0 aliphatic heterocycles. The van der Waals surface area contributed by atoms with Gasteiger partial charge in [-0.15, -0.1) is 0 Å². The zero-order valence-electron chi connectivity index (χ0n) is 8.61. The number of carboxylic acid groups (broad SMARTS) is 2. The van der Waals surface area contributed by atoms with Crippen LogP contribution >= 0.6 is 0 Å². The molecule has 16 heavy (non-hydrogen) atoms. The van der Waals surface area contributed by atoms with Gasteiger partial charge in [0.1, 0.15) is 5.69 Å². The van der Waals surface area contributed by atoms with Crippen LogP contribution < -0.4 is 0 Å². The molecule has 86 valence electrons. The van der Waals surface area contributed by atoms with E-state index >= 15 is 0 Å². The predicted octanol–water partition coefficient (Wildman–Crippen LogP) is 1.18. The second kappa shape index (κ2) is 4.61. The monoisotopic (exact) mass is 225 g/mol. The van der Waals surface area contributed by atoms with E-state index in [2.05, 4.69) is 4.98 Å². The van der Waals surface area contributed by atoms with Gasteiger partial charge in [-0.2, -0.15) is 0 Å². The van der Waals surface area contributed by atoms with E-state index in [-0.39, 0.29) is 22.5 Å². The fourth-order valence-corrected chi connectivity index (χ4v) is 1.58. The van der Waals surface area contributed by atoms with Crippen LogP contribution in [0.2, 0.25) is 0 Å². The summed E-state index contributed by atoms with van der Waals surface area (Å²) in [6, 6.07) is 0. The maximum atomic E-state index is 10.9. The molecule has 6 nitrogen and oxygen atoms in total. The third-order valence-electron chi connectivity index (χ3n) is 2.18. The Morgan fingerprint density at radius 2 is 1.94 bits per heavy atom. The molecule has 0 saturated heterocycles. The number of carbonyl (C=O) groups is 3. The van der Waals surface area contributed by atoms with E-state index < -0.39 is 11.9 Å². The number of rotatable bonds is 5. The molecule has 0 radical (unpaired) electrons. The lowest BCUT2D eigenvalue weighted by Crippen LogP contribution is -2.05. The van der Waals surface area contributed by atoms with Gasteiger partial charge in [-0.25, -0.2) is 9.59 Å². The Morgan fingerprint density at radius 1 is 1.31 bits per heavy atom. The van der Waals surface area contributed by atoms with Crippen molar-refractivity contribution in [3.8, 4) is 0 Å². The Morgan fingerprint density at radius 3 is 2.31 bits per heavy atom. The smallest absolute Gasteiger partial charge is 0.352 e. The van der Waals surface area contributed by atoms with Crippen LogP contribution in [0.15, 0.2) is 0 Å². The maximum Gasteiger partial charge on any atom is 0.352 e. The van der Waals surface area contributed by atoms with Gasteiger partial charge in [0.2, 0.25) is 0 Å². The molecule has 0 saturated carbocycles. The van der Waals surface area contributed by atoms with Crippen LogP contribution in [0.3, 0.4) is 0 Å². The van der Waals surface area contributed by atoms with E-state index in [4.69, 9.17) is 10.2 Å². The lowest BCUT2D eigenvalue weighted by Gasteiger charge is -1.99. The molecule has 0 unspecified atom stereocenters. The molecule has 0 fully saturated rings. The number of aldehydes is 1. The van der Waals surface area contributed by atoms with E-state index in [0.29, 0.717) is 19.1 Å². The summed E-state index contributed by atoms with van der Waals surface area (Å²) in [5.74, 6) is -2.56. The predicted molar refractivity (Wildman–Crippen MR) is 54.1 cm³/mol. The van der Waals surface area contributed by atoms with Crippen LogP contribution in [-0.4, -0.2) is 33.4 Å². The van der Waals surface area contributed by atoms with Crippen LogP contribution in [0.5, 0.6) is 0 Å². The van der Waals surface area contributed by atoms with E-state index in [1.54, 1.807) is 6.92 Å². The van der Waals surface area contributed by atoms with Crippen molar-refractivity contribution in [2.24, 2.45) is 0 Å². The van der Waals surface area contributed by atoms with E-state index in [9.17, 15) is 14.4 Å². The number of aromatic amines is 1. The highest BCUT2D eigenvalue weighted by Crippen LogP contribution is 2.20. The minimum Gasteiger partial charge on any atom is -0.478 e. The number of carboxylic acids is 2. The number of carbonyl (C=O) groups excluding carboxylic acids is 1. The number of hydrogen-bond acceptors (Lipinski definition) is 3. The van der Waals surface area contributed by atoms with Crippen LogP contribution in [0.25, 0.3) is 0 Å². The summed E-state index contributed by atoms with van der Waals surface area (Å²) < 4.78 is 0. The minimum absolute atomic E-state index is 0.171. The van der Waals surface area contributed by atoms with Gasteiger partial charge >= 0.3 is 11.9 Å². The van der Waals surface area contributed by atoms with Crippen LogP contribution in [0.4, 0.5) is 0 Å². The van der Waals surface area contributed by atoms with Gasteiger partial charge in [-0.05, 0) is 12.0 Å². The summed E-state index contributed by atoms with van der Waals surface area (Å²) >= 11 is 0. The lowest BCUT2D eigenvalue weighted by molar-refractivity contribution is 0.0687. The van der Waals surface area contributed by atoms with Crippen molar-refractivity contribution in [3.05, 3.63) is 22.5 Å². The molecule has 1 rings (SSSR count). The molecule has 0 bridgehead atoms. The van der Waals surface area contributed by atoms with Crippen molar-refractivity contribution in [1.29, 1.82) is 0 Å². The molecule has 1 heterocycles. The van der Waals surface area contributed by atoms with Crippen LogP contribution in [0.1, 0.15) is 50.2 Å². The molecule has 1 aromatic heterocycles. The quantitative estimate of drug-likeness (QED) is 0.652. The molecule has 0 atom stereocenters. The summed E-state index contributed by atoms with van der Waals surface area (Å²) in [5, 5.41) is 17.8. The molecule has 6 heteroatoms. The van der Waals surface area contributed by atoms with Crippen molar-refractivity contribution < 1.29 is 24.6 Å². The zero-order valence-corrected chi connectivity index (χ0v) is 8.61. The first-order valence-corrected chi connectivity index (χ1v) is 4.69. The number of aromatic carboxylic acids is 2. The van der Waals surface area contributed by atoms with Crippen molar-refractivity contribution in [2.75, 3.05) is 0 Å². The van der Waals surface area contributed by atoms with E-state index in [1.165, 1.54) is 0 Å². The van der Waals surface area contributed by atoms with Crippen LogP contribution in [-0.2, 0) is 6.42 Å². The van der Waals surface area contributed by atoms with Crippen molar-refractivity contribution in [1.82, 2.24) is 4.98 Å². The number of hydrogen-bond donors (Lipinski definition) is 3. The van der Waals surface area contributed by atoms with Crippen molar-refractivity contribution in [2.45, 2.75) is 19.8 Å². The summed E-state index contributed by atoms with van der Waals surface area (Å²) in [7, 11) is 0. The Bertz CT molecular complexity index is 446. The van der Waals surface area contributed by atoms with Crippen LogP contribution in [0, 0.1) is 0 Å². The average Bonchev–Trinajstić information content (AvgIpc) is 2.57. The van der Waals surface area contributed by atoms with Gasteiger partial charge in [0.25, 0.3) is 0 Å². The minimum atomic E-state index is -1.30. The first-order chi connectivity index (χ1) is 7.52. The SMILES string of the molecule is CCCc1c(C(=O)O)[nH]c(C=O)c1C(=O)O. The third-order valence-corrected chi connectivity index (χ3v) is 2.18. The highest BCUT2D eigenvalue weighted by atomic mass is 16.4. The lowest BCUT2D eigenvalue weighted by atomic mass is 10.0. The number of H-pyrrole nitrogens is 1. The second-order valence-electron chi connectivity index (χ2n) is 3.25. The van der Waals surface area contributed by atoms with Gasteiger partial charge < -0.3 is 15.2 Å².